The molecule has 1 saturated heterocycles. The summed E-state index contributed by atoms with van der Waals surface area (Å²) in [4.78, 5) is 0. The predicted octanol–water partition coefficient (Wildman–Crippen LogP) is 6.65. The molecule has 1 unspecified atom stereocenters. The molecule has 1 aliphatic heterocycles. The molecule has 0 saturated carbocycles. The van der Waals surface area contributed by atoms with Crippen LogP contribution in [-0.4, -0.2) is 0 Å². The summed E-state index contributed by atoms with van der Waals surface area (Å²) in [5.74, 6) is 0.784. The zero-order valence-electron chi connectivity index (χ0n) is 14.3. The summed E-state index contributed by atoms with van der Waals surface area (Å²) in [7, 11) is 0. The van der Waals surface area contributed by atoms with Crippen LogP contribution in [0.3, 0.4) is 0 Å². The van der Waals surface area contributed by atoms with Crippen LogP contribution in [0.15, 0.2) is 41.5 Å². The van der Waals surface area contributed by atoms with E-state index in [-0.39, 0.29) is 0 Å². The molecule has 114 valence electrons. The van der Waals surface area contributed by atoms with Crippen LogP contribution in [0.5, 0.6) is 0 Å². The standard InChI is InChI=1S/C13H21.C5H5.C2H4.Zr/c1-5-7-12-10(3)9-11(4)13(12)8-6-2;1-2-4-5-3-1;1-2;/h10H,5-8H2,1-4H3;1-3H,4H2;1-2H2;. The summed E-state index contributed by atoms with van der Waals surface area (Å²) in [6.07, 6.45) is 13.7. The number of rotatable bonds is 6. The van der Waals surface area contributed by atoms with Gasteiger partial charge in [-0.1, -0.05) is 0 Å². The first kappa shape index (κ1) is 15.7. The van der Waals surface area contributed by atoms with E-state index in [1.807, 2.05) is 12.1 Å². The van der Waals surface area contributed by atoms with Crippen molar-refractivity contribution in [3.63, 3.8) is 0 Å². The zero-order valence-corrected chi connectivity index (χ0v) is 16.7. The second kappa shape index (κ2) is 6.15. The number of hydrogen-bond donors (Lipinski definition) is 0. The van der Waals surface area contributed by atoms with Crippen molar-refractivity contribution in [3.8, 4) is 0 Å². The molecule has 2 aliphatic carbocycles. The summed E-state index contributed by atoms with van der Waals surface area (Å²) >= 11 is -2.07. The second-order valence-corrected chi connectivity index (χ2v) is 17.9. The first-order valence-corrected chi connectivity index (χ1v) is 14.9. The summed E-state index contributed by atoms with van der Waals surface area (Å²) in [6, 6.07) is 0. The van der Waals surface area contributed by atoms with Crippen LogP contribution in [-0.2, 0) is 20.3 Å². The molecule has 1 heterocycles. The molecule has 0 amide bonds. The molecule has 0 aromatic rings. The van der Waals surface area contributed by atoms with Crippen LogP contribution in [0.2, 0.25) is 8.26 Å². The van der Waals surface area contributed by atoms with Gasteiger partial charge in [0.05, 0.1) is 0 Å². The minimum absolute atomic E-state index is 0.784. The van der Waals surface area contributed by atoms with Crippen LogP contribution in [0, 0.1) is 5.92 Å². The van der Waals surface area contributed by atoms with Crippen LogP contribution in [0.1, 0.15) is 59.8 Å². The van der Waals surface area contributed by atoms with Crippen molar-refractivity contribution < 1.29 is 20.3 Å². The number of allylic oxidation sites excluding steroid dienone is 8. The predicted molar refractivity (Wildman–Crippen MR) is 90.2 cm³/mol. The molecule has 0 nitrogen and oxygen atoms in total. The summed E-state index contributed by atoms with van der Waals surface area (Å²) in [6.45, 7) is 9.69. The Morgan fingerprint density at radius 3 is 2.38 bits per heavy atom. The fraction of sp³-hybridized carbons (Fsp3) is 0.600. The molecule has 1 fully saturated rings. The average molecular weight is 362 g/mol. The molecule has 3 rings (SSSR count). The van der Waals surface area contributed by atoms with E-state index in [0.29, 0.717) is 0 Å². The van der Waals surface area contributed by atoms with Crippen molar-refractivity contribution in [3.05, 3.63) is 41.5 Å². The van der Waals surface area contributed by atoms with Crippen molar-refractivity contribution in [1.82, 2.24) is 0 Å². The van der Waals surface area contributed by atoms with E-state index in [9.17, 15) is 0 Å². The maximum atomic E-state index is 2.53. The van der Waals surface area contributed by atoms with E-state index >= 15 is 0 Å². The molecule has 21 heavy (non-hydrogen) atoms. The third-order valence-corrected chi connectivity index (χ3v) is 18.0. The molecule has 0 aromatic carbocycles. The summed E-state index contributed by atoms with van der Waals surface area (Å²) in [5, 5.41) is 0. The van der Waals surface area contributed by atoms with Crippen LogP contribution in [0.25, 0.3) is 0 Å². The Morgan fingerprint density at radius 1 is 1.14 bits per heavy atom. The maximum absolute atomic E-state index is 2.53. The molecule has 0 bridgehead atoms. The van der Waals surface area contributed by atoms with Gasteiger partial charge in [-0.2, -0.15) is 0 Å². The van der Waals surface area contributed by atoms with Crippen molar-refractivity contribution in [1.29, 1.82) is 0 Å². The quantitative estimate of drug-likeness (QED) is 0.496. The van der Waals surface area contributed by atoms with Gasteiger partial charge in [0, 0.05) is 0 Å². The first-order valence-electron chi connectivity index (χ1n) is 8.95. The normalized spacial score (nSPS) is 26.9. The van der Waals surface area contributed by atoms with E-state index in [0.717, 1.165) is 5.92 Å². The first-order chi connectivity index (χ1) is 10.2. The molecule has 1 heteroatoms. The van der Waals surface area contributed by atoms with Crippen LogP contribution in [0.4, 0.5) is 0 Å². The van der Waals surface area contributed by atoms with Gasteiger partial charge in [-0.25, -0.2) is 0 Å². The molecule has 1 atom stereocenters. The summed E-state index contributed by atoms with van der Waals surface area (Å²) in [5.41, 5.74) is 5.35. The third kappa shape index (κ3) is 2.54. The molecular weight excluding hydrogens is 331 g/mol. The molecule has 0 spiro atoms. The van der Waals surface area contributed by atoms with E-state index in [4.69, 9.17) is 0 Å². The van der Waals surface area contributed by atoms with Crippen molar-refractivity contribution >= 4 is 0 Å². The van der Waals surface area contributed by atoms with E-state index in [1.165, 1.54) is 32.1 Å². The van der Waals surface area contributed by atoms with E-state index < -0.39 is 20.3 Å². The van der Waals surface area contributed by atoms with Gasteiger partial charge in [-0.05, 0) is 0 Å². The fourth-order valence-corrected chi connectivity index (χ4v) is 19.7. The zero-order chi connectivity index (χ0) is 15.0. The fourth-order valence-electron chi connectivity index (χ4n) is 4.86. The summed E-state index contributed by atoms with van der Waals surface area (Å²) < 4.78 is 7.10. The van der Waals surface area contributed by atoms with Crippen LogP contribution >= 0.6 is 0 Å². The minimum atomic E-state index is -2.07. The number of hydrogen-bond acceptors (Lipinski definition) is 0. The monoisotopic (exact) mass is 360 g/mol. The Balaban J connectivity index is 1.97. The third-order valence-electron chi connectivity index (χ3n) is 5.87. The second-order valence-electron chi connectivity index (χ2n) is 7.17. The van der Waals surface area contributed by atoms with Crippen molar-refractivity contribution in [2.45, 2.75) is 68.1 Å². The topological polar surface area (TPSA) is 0 Å². The Labute approximate surface area is 135 Å². The molecule has 0 N–H and O–H groups in total. The van der Waals surface area contributed by atoms with Gasteiger partial charge in [-0.3, -0.25) is 0 Å². The van der Waals surface area contributed by atoms with Gasteiger partial charge in [0.15, 0.2) is 0 Å². The van der Waals surface area contributed by atoms with E-state index in [2.05, 4.69) is 45.9 Å². The Hall–Kier alpha value is -0.157. The molecular formula is C20H30Zr. The van der Waals surface area contributed by atoms with Gasteiger partial charge >= 0.3 is 136 Å². The van der Waals surface area contributed by atoms with Gasteiger partial charge in [0.2, 0.25) is 0 Å². The Morgan fingerprint density at radius 2 is 1.86 bits per heavy atom. The Bertz CT molecular complexity index is 552. The molecule has 3 aliphatic rings. The van der Waals surface area contributed by atoms with Crippen molar-refractivity contribution in [2.24, 2.45) is 5.92 Å². The average Bonchev–Trinajstić information content (AvgIpc) is 2.98. The van der Waals surface area contributed by atoms with Gasteiger partial charge in [0.1, 0.15) is 0 Å². The van der Waals surface area contributed by atoms with Gasteiger partial charge in [-0.15, -0.1) is 0 Å². The van der Waals surface area contributed by atoms with E-state index in [1.54, 1.807) is 19.4 Å². The molecule has 0 aromatic heterocycles. The molecule has 0 radical (unpaired) electrons. The van der Waals surface area contributed by atoms with Crippen molar-refractivity contribution in [2.75, 3.05) is 0 Å². The van der Waals surface area contributed by atoms with Gasteiger partial charge < -0.3 is 0 Å². The van der Waals surface area contributed by atoms with Gasteiger partial charge in [0.25, 0.3) is 0 Å². The van der Waals surface area contributed by atoms with Crippen LogP contribution < -0.4 is 0 Å². The Kier molecular flexibility index (Phi) is 4.61. The SMILES string of the molecule is CCCC1=C(CCC)C(C)[C]([Zr]2([C]3=CC=CC3)[CH2][CH2]2)=C1C.